The van der Waals surface area contributed by atoms with E-state index in [1.165, 1.54) is 13.2 Å². The topological polar surface area (TPSA) is 62.7 Å². The van der Waals surface area contributed by atoms with Gasteiger partial charge < -0.3 is 15.4 Å². The fourth-order valence-corrected chi connectivity index (χ4v) is 2.61. The molecular formula is C18H26FN3O2. The van der Waals surface area contributed by atoms with Crippen LogP contribution in [0.3, 0.4) is 0 Å². The minimum absolute atomic E-state index is 0.0571. The van der Waals surface area contributed by atoms with Gasteiger partial charge in [-0.2, -0.15) is 0 Å². The minimum atomic E-state index is -0.253. The summed E-state index contributed by atoms with van der Waals surface area (Å²) in [6.45, 7) is 5.56. The molecule has 132 valence electrons. The lowest BCUT2D eigenvalue weighted by Gasteiger charge is -2.17. The average Bonchev–Trinajstić information content (AvgIpc) is 3.37. The van der Waals surface area contributed by atoms with Crippen LogP contribution in [0.5, 0.6) is 0 Å². The molecule has 0 saturated heterocycles. The number of hydrogen-bond donors (Lipinski definition) is 2. The number of ether oxygens (including phenoxy) is 1. The van der Waals surface area contributed by atoms with E-state index in [1.54, 1.807) is 19.1 Å². The van der Waals surface area contributed by atoms with Gasteiger partial charge in [-0.05, 0) is 37.5 Å². The van der Waals surface area contributed by atoms with Gasteiger partial charge in [-0.15, -0.1) is 0 Å². The van der Waals surface area contributed by atoms with Crippen molar-refractivity contribution in [2.75, 3.05) is 26.7 Å². The highest BCUT2D eigenvalue weighted by Gasteiger charge is 2.44. The first kappa shape index (κ1) is 18.2. The van der Waals surface area contributed by atoms with Crippen LogP contribution in [0.1, 0.15) is 32.3 Å². The van der Waals surface area contributed by atoms with Crippen molar-refractivity contribution in [2.45, 2.75) is 32.1 Å². The van der Waals surface area contributed by atoms with Crippen LogP contribution in [0.15, 0.2) is 29.3 Å². The Hall–Kier alpha value is -2.11. The van der Waals surface area contributed by atoms with Crippen LogP contribution >= 0.6 is 0 Å². The molecule has 1 unspecified atom stereocenters. The Morgan fingerprint density at radius 2 is 2.17 bits per heavy atom. The van der Waals surface area contributed by atoms with Gasteiger partial charge in [0, 0.05) is 18.5 Å². The van der Waals surface area contributed by atoms with E-state index in [1.807, 2.05) is 13.0 Å². The highest BCUT2D eigenvalue weighted by Crippen LogP contribution is 2.48. The third-order valence-corrected chi connectivity index (χ3v) is 4.35. The van der Waals surface area contributed by atoms with Crippen LogP contribution in [0, 0.1) is 11.7 Å². The fourth-order valence-electron chi connectivity index (χ4n) is 2.61. The average molecular weight is 335 g/mol. The van der Waals surface area contributed by atoms with Gasteiger partial charge in [-0.3, -0.25) is 9.79 Å². The summed E-state index contributed by atoms with van der Waals surface area (Å²) >= 11 is 0. The number of benzene rings is 1. The highest BCUT2D eigenvalue weighted by atomic mass is 19.1. The summed E-state index contributed by atoms with van der Waals surface area (Å²) in [5, 5.41) is 6.33. The monoisotopic (exact) mass is 335 g/mol. The van der Waals surface area contributed by atoms with E-state index in [4.69, 9.17) is 4.74 Å². The summed E-state index contributed by atoms with van der Waals surface area (Å²) in [6, 6.07) is 6.77. The van der Waals surface area contributed by atoms with E-state index < -0.39 is 0 Å². The fraction of sp³-hybridized carbons (Fsp3) is 0.556. The molecule has 24 heavy (non-hydrogen) atoms. The molecule has 2 rings (SSSR count). The largest absolute Gasteiger partial charge is 0.469 e. The third-order valence-electron chi connectivity index (χ3n) is 4.35. The molecule has 1 atom stereocenters. The molecule has 1 fully saturated rings. The quantitative estimate of drug-likeness (QED) is 0.456. The van der Waals surface area contributed by atoms with Crippen LogP contribution in [0.2, 0.25) is 0 Å². The summed E-state index contributed by atoms with van der Waals surface area (Å²) < 4.78 is 18.2. The van der Waals surface area contributed by atoms with Crippen molar-refractivity contribution in [1.29, 1.82) is 0 Å². The van der Waals surface area contributed by atoms with Crippen molar-refractivity contribution in [3.8, 4) is 0 Å². The zero-order chi connectivity index (χ0) is 17.6. The lowest BCUT2D eigenvalue weighted by molar-refractivity contribution is -0.144. The first-order chi connectivity index (χ1) is 11.5. The second-order valence-electron chi connectivity index (χ2n) is 6.29. The Morgan fingerprint density at radius 3 is 2.75 bits per heavy atom. The zero-order valence-electron chi connectivity index (χ0n) is 14.6. The molecule has 0 aromatic heterocycles. The normalized spacial score (nSPS) is 17.1. The summed E-state index contributed by atoms with van der Waals surface area (Å²) in [7, 11) is 1.38. The molecule has 0 radical (unpaired) electrons. The molecule has 5 nitrogen and oxygen atoms in total. The van der Waals surface area contributed by atoms with Gasteiger partial charge in [0.25, 0.3) is 0 Å². The minimum Gasteiger partial charge on any atom is -0.469 e. The number of hydrogen-bond acceptors (Lipinski definition) is 3. The van der Waals surface area contributed by atoms with Gasteiger partial charge in [0.05, 0.1) is 19.6 Å². The number of carbonyl (C=O) groups is 1. The number of rotatable bonds is 7. The Morgan fingerprint density at radius 1 is 1.42 bits per heavy atom. The Balaban J connectivity index is 1.99. The lowest BCUT2D eigenvalue weighted by Crippen LogP contribution is -2.41. The van der Waals surface area contributed by atoms with Crippen molar-refractivity contribution in [3.05, 3.63) is 35.6 Å². The molecular weight excluding hydrogens is 309 g/mol. The Kier molecular flexibility index (Phi) is 6.17. The third kappa shape index (κ3) is 4.69. The number of aliphatic imine (C=N–C) groups is 1. The molecule has 1 aromatic rings. The van der Waals surface area contributed by atoms with Gasteiger partial charge in [0.2, 0.25) is 0 Å². The van der Waals surface area contributed by atoms with E-state index in [0.717, 1.165) is 24.9 Å². The van der Waals surface area contributed by atoms with E-state index >= 15 is 0 Å². The molecule has 1 aliphatic carbocycles. The van der Waals surface area contributed by atoms with Gasteiger partial charge in [0.1, 0.15) is 5.82 Å². The molecule has 0 aliphatic heterocycles. The van der Waals surface area contributed by atoms with E-state index in [0.29, 0.717) is 19.0 Å². The Bertz CT molecular complexity index is 600. The number of halogens is 1. The van der Waals surface area contributed by atoms with Crippen LogP contribution in [-0.4, -0.2) is 38.7 Å². The van der Waals surface area contributed by atoms with Gasteiger partial charge in [0.15, 0.2) is 5.96 Å². The molecule has 0 heterocycles. The summed E-state index contributed by atoms with van der Waals surface area (Å²) in [4.78, 5) is 16.1. The second kappa shape index (κ2) is 8.13. The van der Waals surface area contributed by atoms with Crippen LogP contribution < -0.4 is 10.6 Å². The van der Waals surface area contributed by atoms with Gasteiger partial charge >= 0.3 is 5.97 Å². The SMILES string of the molecule is CCNC(=NCC1(c2cccc(F)c2)CC1)NCC(C)C(=O)OC. The molecule has 0 amide bonds. The predicted octanol–water partition coefficient (Wildman–Crippen LogP) is 2.22. The van der Waals surface area contributed by atoms with Crippen molar-refractivity contribution < 1.29 is 13.9 Å². The molecule has 1 saturated carbocycles. The summed E-state index contributed by atoms with van der Waals surface area (Å²) in [6.07, 6.45) is 2.02. The number of nitrogens with zero attached hydrogens (tertiary/aromatic N) is 1. The molecule has 0 bridgehead atoms. The first-order valence-electron chi connectivity index (χ1n) is 8.37. The standard InChI is InChI=1S/C18H26FN3O2/c1-4-20-17(21-11-13(2)16(23)24-3)22-12-18(8-9-18)14-6-5-7-15(19)10-14/h5-7,10,13H,4,8-9,11-12H2,1-3H3,(H2,20,21,22). The molecule has 2 N–H and O–H groups in total. The van der Waals surface area contributed by atoms with Crippen LogP contribution in [-0.2, 0) is 14.9 Å². The smallest absolute Gasteiger partial charge is 0.310 e. The lowest BCUT2D eigenvalue weighted by atomic mass is 9.96. The summed E-state index contributed by atoms with van der Waals surface area (Å²) in [5.74, 6) is -0.0515. The summed E-state index contributed by atoms with van der Waals surface area (Å²) in [5.41, 5.74) is 0.948. The number of carbonyl (C=O) groups excluding carboxylic acids is 1. The van der Waals surface area contributed by atoms with E-state index in [-0.39, 0.29) is 23.1 Å². The molecule has 1 aromatic carbocycles. The predicted molar refractivity (Wildman–Crippen MR) is 92.5 cm³/mol. The van der Waals surface area contributed by atoms with Crippen molar-refractivity contribution in [2.24, 2.45) is 10.9 Å². The zero-order valence-corrected chi connectivity index (χ0v) is 14.6. The number of methoxy groups -OCH3 is 1. The van der Waals surface area contributed by atoms with Crippen molar-refractivity contribution >= 4 is 11.9 Å². The molecule has 1 aliphatic rings. The maximum atomic E-state index is 13.5. The molecule has 6 heteroatoms. The van der Waals surface area contributed by atoms with E-state index in [9.17, 15) is 9.18 Å². The molecule has 0 spiro atoms. The Labute approximate surface area is 142 Å². The highest BCUT2D eigenvalue weighted by molar-refractivity contribution is 5.81. The second-order valence-corrected chi connectivity index (χ2v) is 6.29. The van der Waals surface area contributed by atoms with Crippen LogP contribution in [0.4, 0.5) is 4.39 Å². The first-order valence-corrected chi connectivity index (χ1v) is 8.37. The van der Waals surface area contributed by atoms with Crippen LogP contribution in [0.25, 0.3) is 0 Å². The van der Waals surface area contributed by atoms with Gasteiger partial charge in [-0.25, -0.2) is 4.39 Å². The number of nitrogens with one attached hydrogen (secondary N) is 2. The maximum absolute atomic E-state index is 13.5. The van der Waals surface area contributed by atoms with Crippen molar-refractivity contribution in [1.82, 2.24) is 10.6 Å². The maximum Gasteiger partial charge on any atom is 0.310 e. The van der Waals surface area contributed by atoms with E-state index in [2.05, 4.69) is 15.6 Å². The van der Waals surface area contributed by atoms with Crippen molar-refractivity contribution in [3.63, 3.8) is 0 Å². The number of guanidine groups is 1. The number of esters is 1. The van der Waals surface area contributed by atoms with Gasteiger partial charge in [-0.1, -0.05) is 19.1 Å².